The van der Waals surface area contributed by atoms with E-state index in [9.17, 15) is 0 Å². The molecular weight excluding hydrogens is 242 g/mol. The van der Waals surface area contributed by atoms with Gasteiger partial charge >= 0.3 is 0 Å². The summed E-state index contributed by atoms with van der Waals surface area (Å²) in [7, 11) is 2.13. The van der Waals surface area contributed by atoms with Crippen LogP contribution in [0.15, 0.2) is 30.3 Å². The molecule has 1 aliphatic rings. The normalized spacial score (nSPS) is 14.2. The molecule has 0 atom stereocenters. The number of nitrogens with zero attached hydrogens (tertiary/aromatic N) is 3. The first kappa shape index (κ1) is 11.2. The molecule has 1 heterocycles. The van der Waals surface area contributed by atoms with Crippen molar-refractivity contribution < 1.29 is 0 Å². The van der Waals surface area contributed by atoms with Crippen LogP contribution in [0.2, 0.25) is 0 Å². The lowest BCUT2D eigenvalue weighted by Crippen LogP contribution is -2.17. The van der Waals surface area contributed by atoms with Gasteiger partial charge in [0.25, 0.3) is 0 Å². The molecule has 1 aliphatic carbocycles. The zero-order valence-electron chi connectivity index (χ0n) is 10.1. The van der Waals surface area contributed by atoms with Crippen LogP contribution in [-0.2, 0) is 0 Å². The summed E-state index contributed by atoms with van der Waals surface area (Å²) >= 11 is 1.54. The van der Waals surface area contributed by atoms with Gasteiger partial charge in [-0.25, -0.2) is 0 Å². The zero-order chi connectivity index (χ0) is 12.5. The van der Waals surface area contributed by atoms with E-state index >= 15 is 0 Å². The van der Waals surface area contributed by atoms with Gasteiger partial charge in [0.2, 0.25) is 0 Å². The van der Waals surface area contributed by atoms with Gasteiger partial charge in [0.1, 0.15) is 5.00 Å². The molecule has 0 unspecified atom stereocenters. The summed E-state index contributed by atoms with van der Waals surface area (Å²) in [6.07, 6.45) is 2.58. The molecule has 1 fully saturated rings. The van der Waals surface area contributed by atoms with Crippen molar-refractivity contribution in [3.8, 4) is 17.3 Å². The van der Waals surface area contributed by atoms with Gasteiger partial charge in [0, 0.05) is 24.7 Å². The highest BCUT2D eigenvalue weighted by Crippen LogP contribution is 2.34. The predicted molar refractivity (Wildman–Crippen MR) is 73.7 cm³/mol. The number of hydrogen-bond donors (Lipinski definition) is 0. The number of hydrogen-bond acceptors (Lipinski definition) is 4. The highest BCUT2D eigenvalue weighted by molar-refractivity contribution is 7.10. The molecule has 0 saturated heterocycles. The Hall–Kier alpha value is -1.86. The minimum atomic E-state index is 0.685. The molecule has 1 aromatic heterocycles. The fraction of sp³-hybridized carbons (Fsp3) is 0.286. The van der Waals surface area contributed by atoms with Crippen LogP contribution in [0, 0.1) is 11.3 Å². The van der Waals surface area contributed by atoms with Crippen LogP contribution in [0.1, 0.15) is 18.4 Å². The molecule has 0 amide bonds. The topological polar surface area (TPSA) is 39.9 Å². The Morgan fingerprint density at radius 1 is 1.33 bits per heavy atom. The summed E-state index contributed by atoms with van der Waals surface area (Å²) in [5.41, 5.74) is 2.75. The number of anilines is 1. The van der Waals surface area contributed by atoms with E-state index < -0.39 is 0 Å². The summed E-state index contributed by atoms with van der Waals surface area (Å²) in [5.74, 6) is 0. The third-order valence-electron chi connectivity index (χ3n) is 3.25. The summed E-state index contributed by atoms with van der Waals surface area (Å²) in [6, 6.07) is 12.5. The van der Waals surface area contributed by atoms with Crippen molar-refractivity contribution in [2.45, 2.75) is 18.9 Å². The SMILES string of the molecule is CN(c1cc(-c2ccc(C#N)cc2)ns1)C1CC1. The van der Waals surface area contributed by atoms with E-state index in [1.165, 1.54) is 17.8 Å². The second-order valence-corrected chi connectivity index (χ2v) is 5.37. The van der Waals surface area contributed by atoms with Gasteiger partial charge in [-0.05, 0) is 36.5 Å². The lowest BCUT2D eigenvalue weighted by Gasteiger charge is -2.14. The van der Waals surface area contributed by atoms with Crippen LogP contribution < -0.4 is 4.90 Å². The van der Waals surface area contributed by atoms with Crippen molar-refractivity contribution in [1.82, 2.24) is 4.37 Å². The van der Waals surface area contributed by atoms with Crippen LogP contribution in [-0.4, -0.2) is 17.5 Å². The van der Waals surface area contributed by atoms with E-state index in [2.05, 4.69) is 28.5 Å². The minimum Gasteiger partial charge on any atom is -0.362 e. The van der Waals surface area contributed by atoms with E-state index in [4.69, 9.17) is 5.26 Å². The molecule has 90 valence electrons. The van der Waals surface area contributed by atoms with E-state index in [0.29, 0.717) is 11.6 Å². The van der Waals surface area contributed by atoms with Crippen LogP contribution in [0.4, 0.5) is 5.00 Å². The quantitative estimate of drug-likeness (QED) is 0.845. The van der Waals surface area contributed by atoms with Crippen molar-refractivity contribution in [1.29, 1.82) is 5.26 Å². The van der Waals surface area contributed by atoms with E-state index in [1.54, 1.807) is 11.5 Å². The summed E-state index contributed by atoms with van der Waals surface area (Å²) < 4.78 is 4.49. The van der Waals surface area contributed by atoms with Crippen molar-refractivity contribution in [2.75, 3.05) is 11.9 Å². The van der Waals surface area contributed by atoms with Gasteiger partial charge < -0.3 is 4.90 Å². The molecule has 4 heteroatoms. The van der Waals surface area contributed by atoms with Crippen LogP contribution >= 0.6 is 11.5 Å². The molecule has 18 heavy (non-hydrogen) atoms. The molecule has 1 aromatic carbocycles. The lowest BCUT2D eigenvalue weighted by molar-refractivity contribution is 0.929. The van der Waals surface area contributed by atoms with Crippen molar-refractivity contribution in [3.63, 3.8) is 0 Å². The van der Waals surface area contributed by atoms with Gasteiger partial charge in [-0.15, -0.1) is 0 Å². The Labute approximate surface area is 110 Å². The fourth-order valence-corrected chi connectivity index (χ4v) is 2.72. The Balaban J connectivity index is 1.85. The predicted octanol–water partition coefficient (Wildman–Crippen LogP) is 3.28. The molecule has 0 radical (unpaired) electrons. The Morgan fingerprint density at radius 3 is 2.67 bits per heavy atom. The molecule has 0 N–H and O–H groups in total. The second-order valence-electron chi connectivity index (χ2n) is 4.58. The molecule has 2 aromatic rings. The first-order valence-electron chi connectivity index (χ1n) is 5.98. The van der Waals surface area contributed by atoms with Crippen LogP contribution in [0.5, 0.6) is 0 Å². The highest BCUT2D eigenvalue weighted by atomic mass is 32.1. The third-order valence-corrected chi connectivity index (χ3v) is 4.13. The maximum atomic E-state index is 8.77. The van der Waals surface area contributed by atoms with Gasteiger partial charge in [-0.3, -0.25) is 0 Å². The molecule has 0 bridgehead atoms. The van der Waals surface area contributed by atoms with E-state index in [-0.39, 0.29) is 0 Å². The third kappa shape index (κ3) is 2.09. The monoisotopic (exact) mass is 255 g/mol. The van der Waals surface area contributed by atoms with Crippen molar-refractivity contribution in [2.24, 2.45) is 0 Å². The molecular formula is C14H13N3S. The molecule has 0 aliphatic heterocycles. The maximum absolute atomic E-state index is 8.77. The molecule has 0 spiro atoms. The number of nitriles is 1. The first-order chi connectivity index (χ1) is 8.78. The van der Waals surface area contributed by atoms with Crippen molar-refractivity contribution >= 4 is 16.5 Å². The molecule has 3 nitrogen and oxygen atoms in total. The second kappa shape index (κ2) is 4.43. The average molecular weight is 255 g/mol. The van der Waals surface area contributed by atoms with Gasteiger partial charge in [-0.2, -0.15) is 9.64 Å². The number of benzene rings is 1. The maximum Gasteiger partial charge on any atom is 0.112 e. The lowest BCUT2D eigenvalue weighted by atomic mass is 10.1. The smallest absolute Gasteiger partial charge is 0.112 e. The Bertz CT molecular complexity index is 590. The van der Waals surface area contributed by atoms with Gasteiger partial charge in [0.05, 0.1) is 17.3 Å². The van der Waals surface area contributed by atoms with Gasteiger partial charge in [0.15, 0.2) is 0 Å². The minimum absolute atomic E-state index is 0.685. The van der Waals surface area contributed by atoms with Crippen LogP contribution in [0.25, 0.3) is 11.3 Å². The average Bonchev–Trinajstić information content (AvgIpc) is 3.15. The molecule has 3 rings (SSSR count). The summed E-state index contributed by atoms with van der Waals surface area (Å²) in [5, 5.41) is 9.99. The number of rotatable bonds is 3. The summed E-state index contributed by atoms with van der Waals surface area (Å²) in [6.45, 7) is 0. The number of aromatic nitrogens is 1. The highest BCUT2D eigenvalue weighted by Gasteiger charge is 2.27. The largest absolute Gasteiger partial charge is 0.362 e. The Kier molecular flexibility index (Phi) is 2.77. The standard InChI is InChI=1S/C14H13N3S/c1-17(12-6-7-12)14-8-13(16-18-14)11-4-2-10(9-15)3-5-11/h2-5,8,12H,6-7H2,1H3. The zero-order valence-corrected chi connectivity index (χ0v) is 10.9. The Morgan fingerprint density at radius 2 is 2.06 bits per heavy atom. The van der Waals surface area contributed by atoms with E-state index in [1.807, 2.05) is 24.3 Å². The van der Waals surface area contributed by atoms with Crippen LogP contribution in [0.3, 0.4) is 0 Å². The van der Waals surface area contributed by atoms with E-state index in [0.717, 1.165) is 11.3 Å². The molecule has 1 saturated carbocycles. The fourth-order valence-electron chi connectivity index (χ4n) is 1.93. The van der Waals surface area contributed by atoms with Crippen molar-refractivity contribution in [3.05, 3.63) is 35.9 Å². The first-order valence-corrected chi connectivity index (χ1v) is 6.75. The van der Waals surface area contributed by atoms with Gasteiger partial charge in [-0.1, -0.05) is 12.1 Å². The summed E-state index contributed by atoms with van der Waals surface area (Å²) in [4.78, 5) is 2.31.